The summed E-state index contributed by atoms with van der Waals surface area (Å²) in [4.78, 5) is 22.9. The fourth-order valence-electron chi connectivity index (χ4n) is 2.68. The second kappa shape index (κ2) is 9.11. The minimum absolute atomic E-state index is 0.0195. The third-order valence-corrected chi connectivity index (χ3v) is 4.91. The molecule has 30 heavy (non-hydrogen) atoms. The highest BCUT2D eigenvalue weighted by Crippen LogP contribution is 2.21. The van der Waals surface area contributed by atoms with Crippen LogP contribution in [0.4, 0.5) is 10.8 Å². The monoisotopic (exact) mass is 422 g/mol. The summed E-state index contributed by atoms with van der Waals surface area (Å²) in [6.07, 6.45) is 3.95. The number of nitrogens with zero attached hydrogens (tertiary/aromatic N) is 5. The van der Waals surface area contributed by atoms with E-state index in [0.29, 0.717) is 22.4 Å². The van der Waals surface area contributed by atoms with Crippen molar-refractivity contribution in [3.8, 4) is 11.8 Å². The maximum atomic E-state index is 12.5. The van der Waals surface area contributed by atoms with Gasteiger partial charge in [-0.2, -0.15) is 5.26 Å². The number of hydrogen-bond donors (Lipinski definition) is 1. The molecule has 0 aliphatic heterocycles. The quantitative estimate of drug-likeness (QED) is 0.265. The molecule has 2 aromatic heterocycles. The van der Waals surface area contributed by atoms with Gasteiger partial charge in [0.15, 0.2) is 0 Å². The molecule has 10 heteroatoms. The van der Waals surface area contributed by atoms with Crippen LogP contribution in [0.25, 0.3) is 11.8 Å². The molecule has 0 bridgehead atoms. The van der Waals surface area contributed by atoms with E-state index in [4.69, 9.17) is 0 Å². The minimum atomic E-state index is -0.582. The van der Waals surface area contributed by atoms with Gasteiger partial charge < -0.3 is 4.57 Å². The standard InChI is InChI=1S/C20H18N6O3S/c1-13(2)10-18-23-24-20(30-18)22-19(27)14(12-21)11-17-4-3-9-25(17)15-5-7-16(8-6-15)26(28)29/h3-9,11,13H,10H2,1-2H3,(H,22,24,27). The Labute approximate surface area is 176 Å². The molecule has 1 aromatic carbocycles. The van der Waals surface area contributed by atoms with Gasteiger partial charge >= 0.3 is 0 Å². The molecular weight excluding hydrogens is 404 g/mol. The molecule has 0 spiro atoms. The van der Waals surface area contributed by atoms with E-state index < -0.39 is 10.8 Å². The van der Waals surface area contributed by atoms with E-state index in [0.717, 1.165) is 11.4 Å². The number of aromatic nitrogens is 3. The molecule has 0 aliphatic carbocycles. The van der Waals surface area contributed by atoms with Gasteiger partial charge in [-0.25, -0.2) is 0 Å². The fourth-order valence-corrected chi connectivity index (χ4v) is 3.63. The predicted molar refractivity (Wildman–Crippen MR) is 113 cm³/mol. The van der Waals surface area contributed by atoms with Crippen LogP contribution in [0.1, 0.15) is 24.5 Å². The first-order valence-electron chi connectivity index (χ1n) is 9.05. The van der Waals surface area contributed by atoms with Gasteiger partial charge in [-0.1, -0.05) is 25.2 Å². The summed E-state index contributed by atoms with van der Waals surface area (Å²) in [5, 5.41) is 32.0. The topological polar surface area (TPSA) is 127 Å². The Morgan fingerprint density at radius 3 is 2.70 bits per heavy atom. The van der Waals surface area contributed by atoms with Gasteiger partial charge in [-0.05, 0) is 36.3 Å². The van der Waals surface area contributed by atoms with E-state index in [9.17, 15) is 20.2 Å². The highest BCUT2D eigenvalue weighted by Gasteiger charge is 2.15. The zero-order valence-electron chi connectivity index (χ0n) is 16.3. The molecule has 0 atom stereocenters. The first kappa shape index (κ1) is 20.9. The van der Waals surface area contributed by atoms with Gasteiger partial charge in [0.05, 0.1) is 4.92 Å². The smallest absolute Gasteiger partial charge is 0.269 e. The number of non-ortho nitro benzene ring substituents is 1. The lowest BCUT2D eigenvalue weighted by atomic mass is 10.1. The van der Waals surface area contributed by atoms with Crippen molar-refractivity contribution >= 4 is 34.1 Å². The molecule has 0 fully saturated rings. The lowest BCUT2D eigenvalue weighted by Crippen LogP contribution is -2.13. The van der Waals surface area contributed by atoms with Crippen molar-refractivity contribution in [1.29, 1.82) is 5.26 Å². The lowest BCUT2D eigenvalue weighted by Gasteiger charge is -2.07. The first-order chi connectivity index (χ1) is 14.4. The highest BCUT2D eigenvalue weighted by molar-refractivity contribution is 7.15. The molecule has 2 heterocycles. The second-order valence-electron chi connectivity index (χ2n) is 6.80. The number of nitriles is 1. The third-order valence-electron chi connectivity index (χ3n) is 4.05. The number of carbonyl (C=O) groups excluding carboxylic acids is 1. The molecule has 3 rings (SSSR count). The van der Waals surface area contributed by atoms with Crippen molar-refractivity contribution in [1.82, 2.24) is 14.8 Å². The van der Waals surface area contributed by atoms with Gasteiger partial charge in [-0.3, -0.25) is 20.2 Å². The van der Waals surface area contributed by atoms with Crippen molar-refractivity contribution in [3.63, 3.8) is 0 Å². The van der Waals surface area contributed by atoms with Crippen LogP contribution in [0.2, 0.25) is 0 Å². The Balaban J connectivity index is 1.80. The van der Waals surface area contributed by atoms with E-state index in [1.165, 1.54) is 29.5 Å². The summed E-state index contributed by atoms with van der Waals surface area (Å²) in [5.41, 5.74) is 1.12. The number of rotatable bonds is 7. The Morgan fingerprint density at radius 2 is 2.07 bits per heavy atom. The fraction of sp³-hybridized carbons (Fsp3) is 0.200. The zero-order chi connectivity index (χ0) is 21.7. The molecule has 0 saturated carbocycles. The second-order valence-corrected chi connectivity index (χ2v) is 7.86. The number of amides is 1. The molecule has 0 radical (unpaired) electrons. The number of carbonyl (C=O) groups is 1. The van der Waals surface area contributed by atoms with E-state index >= 15 is 0 Å². The van der Waals surface area contributed by atoms with Crippen molar-refractivity contribution in [2.45, 2.75) is 20.3 Å². The molecule has 152 valence electrons. The van der Waals surface area contributed by atoms with Crippen molar-refractivity contribution < 1.29 is 9.72 Å². The summed E-state index contributed by atoms with van der Waals surface area (Å²) >= 11 is 1.28. The molecule has 3 aromatic rings. The zero-order valence-corrected chi connectivity index (χ0v) is 17.1. The van der Waals surface area contributed by atoms with E-state index in [-0.39, 0.29) is 11.3 Å². The predicted octanol–water partition coefficient (Wildman–Crippen LogP) is 3.98. The summed E-state index contributed by atoms with van der Waals surface area (Å²) < 4.78 is 1.72. The van der Waals surface area contributed by atoms with E-state index in [2.05, 4.69) is 29.4 Å². The number of hydrogen-bond acceptors (Lipinski definition) is 7. The summed E-state index contributed by atoms with van der Waals surface area (Å²) in [7, 11) is 0. The molecule has 0 saturated heterocycles. The molecule has 0 aliphatic rings. The average molecular weight is 422 g/mol. The maximum absolute atomic E-state index is 12.5. The molecule has 1 amide bonds. The summed E-state index contributed by atoms with van der Waals surface area (Å²) in [6, 6.07) is 11.4. The molecule has 9 nitrogen and oxygen atoms in total. The average Bonchev–Trinajstić information content (AvgIpc) is 3.34. The number of nitro groups is 1. The largest absolute Gasteiger partial charge is 0.317 e. The summed E-state index contributed by atoms with van der Waals surface area (Å²) in [6.45, 7) is 4.13. The van der Waals surface area contributed by atoms with E-state index in [1.54, 1.807) is 35.0 Å². The van der Waals surface area contributed by atoms with Gasteiger partial charge in [0.25, 0.3) is 11.6 Å². The van der Waals surface area contributed by atoms with Gasteiger partial charge in [-0.15, -0.1) is 10.2 Å². The maximum Gasteiger partial charge on any atom is 0.269 e. The third kappa shape index (κ3) is 4.95. The minimum Gasteiger partial charge on any atom is -0.317 e. The van der Waals surface area contributed by atoms with Crippen LogP contribution in [0, 0.1) is 27.4 Å². The van der Waals surface area contributed by atoms with Crippen LogP contribution >= 0.6 is 11.3 Å². The SMILES string of the molecule is CC(C)Cc1nnc(NC(=O)C(C#N)=Cc2cccn2-c2ccc([N+](=O)[O-])cc2)s1. The van der Waals surface area contributed by atoms with E-state index in [1.807, 2.05) is 6.07 Å². The Bertz CT molecular complexity index is 1140. The van der Waals surface area contributed by atoms with Crippen LogP contribution in [-0.2, 0) is 11.2 Å². The highest BCUT2D eigenvalue weighted by atomic mass is 32.1. The van der Waals surface area contributed by atoms with Gasteiger partial charge in [0, 0.05) is 36.1 Å². The number of benzene rings is 1. The van der Waals surface area contributed by atoms with Crippen LogP contribution < -0.4 is 5.32 Å². The molecular formula is C20H18N6O3S. The molecule has 0 unspecified atom stereocenters. The number of nitro benzene ring substituents is 1. The van der Waals surface area contributed by atoms with Crippen molar-refractivity contribution in [2.75, 3.05) is 5.32 Å². The first-order valence-corrected chi connectivity index (χ1v) is 9.86. The van der Waals surface area contributed by atoms with Crippen molar-refractivity contribution in [2.24, 2.45) is 5.92 Å². The number of nitrogens with one attached hydrogen (secondary N) is 1. The normalized spacial score (nSPS) is 11.3. The Morgan fingerprint density at radius 1 is 1.33 bits per heavy atom. The Kier molecular flexibility index (Phi) is 6.34. The Hall–Kier alpha value is -3.84. The summed E-state index contributed by atoms with van der Waals surface area (Å²) in [5.74, 6) is -0.163. The van der Waals surface area contributed by atoms with Crippen LogP contribution in [-0.4, -0.2) is 25.6 Å². The van der Waals surface area contributed by atoms with Crippen LogP contribution in [0.15, 0.2) is 48.2 Å². The van der Waals surface area contributed by atoms with Crippen LogP contribution in [0.3, 0.4) is 0 Å². The van der Waals surface area contributed by atoms with Crippen LogP contribution in [0.5, 0.6) is 0 Å². The molecule has 1 N–H and O–H groups in total. The lowest BCUT2D eigenvalue weighted by molar-refractivity contribution is -0.384. The number of anilines is 1. The van der Waals surface area contributed by atoms with Gasteiger partial charge in [0.2, 0.25) is 5.13 Å². The van der Waals surface area contributed by atoms with Gasteiger partial charge in [0.1, 0.15) is 16.6 Å². The van der Waals surface area contributed by atoms with Crippen molar-refractivity contribution in [3.05, 3.63) is 69.0 Å².